The van der Waals surface area contributed by atoms with E-state index >= 15 is 0 Å². The van der Waals surface area contributed by atoms with Crippen LogP contribution in [0.5, 0.6) is 0 Å². The van der Waals surface area contributed by atoms with Gasteiger partial charge in [-0.15, -0.1) is 0 Å². The summed E-state index contributed by atoms with van der Waals surface area (Å²) in [4.78, 5) is 4.05. The molecule has 0 aliphatic rings. The van der Waals surface area contributed by atoms with Crippen molar-refractivity contribution in [3.05, 3.63) is 77.2 Å². The molecular formula is C18H15ClFN3O2S. The van der Waals surface area contributed by atoms with Crippen LogP contribution in [0.1, 0.15) is 5.56 Å². The van der Waals surface area contributed by atoms with Crippen LogP contribution in [0.2, 0.25) is 5.02 Å². The lowest BCUT2D eigenvalue weighted by Gasteiger charge is -2.11. The van der Waals surface area contributed by atoms with Gasteiger partial charge in [0.25, 0.3) is 10.0 Å². The summed E-state index contributed by atoms with van der Waals surface area (Å²) >= 11 is 6.09. The van der Waals surface area contributed by atoms with E-state index in [0.717, 1.165) is 23.4 Å². The molecule has 5 nitrogen and oxygen atoms in total. The van der Waals surface area contributed by atoms with E-state index < -0.39 is 15.8 Å². The van der Waals surface area contributed by atoms with Gasteiger partial charge in [-0.1, -0.05) is 17.7 Å². The molecule has 0 bridgehead atoms. The van der Waals surface area contributed by atoms with E-state index in [9.17, 15) is 12.8 Å². The molecule has 0 aliphatic heterocycles. The topological polar surface area (TPSA) is 71.1 Å². The summed E-state index contributed by atoms with van der Waals surface area (Å²) in [6, 6.07) is 13.3. The Labute approximate surface area is 155 Å². The van der Waals surface area contributed by atoms with Gasteiger partial charge in [-0.05, 0) is 61.0 Å². The van der Waals surface area contributed by atoms with Gasteiger partial charge in [0.05, 0.1) is 16.8 Å². The van der Waals surface area contributed by atoms with Gasteiger partial charge in [-0.2, -0.15) is 0 Å². The van der Waals surface area contributed by atoms with E-state index in [1.165, 1.54) is 24.4 Å². The van der Waals surface area contributed by atoms with Crippen LogP contribution in [0.25, 0.3) is 0 Å². The van der Waals surface area contributed by atoms with Crippen LogP contribution < -0.4 is 10.0 Å². The maximum atomic E-state index is 12.9. The van der Waals surface area contributed by atoms with Gasteiger partial charge in [-0.25, -0.2) is 17.8 Å². The number of nitrogens with zero attached hydrogens (tertiary/aromatic N) is 1. The Morgan fingerprint density at radius 1 is 1.04 bits per heavy atom. The normalized spacial score (nSPS) is 11.2. The Morgan fingerprint density at radius 2 is 1.77 bits per heavy atom. The lowest BCUT2D eigenvalue weighted by Crippen LogP contribution is -2.13. The van der Waals surface area contributed by atoms with E-state index in [0.29, 0.717) is 10.7 Å². The molecule has 2 N–H and O–H groups in total. The first kappa shape index (κ1) is 18.2. The number of hydrogen-bond donors (Lipinski definition) is 2. The molecule has 26 heavy (non-hydrogen) atoms. The fraction of sp³-hybridized carbons (Fsp3) is 0.0556. The van der Waals surface area contributed by atoms with Crippen molar-refractivity contribution in [3.63, 3.8) is 0 Å². The lowest BCUT2D eigenvalue weighted by molar-refractivity contribution is 0.599. The zero-order chi connectivity index (χ0) is 18.7. The van der Waals surface area contributed by atoms with Gasteiger partial charge in [0.1, 0.15) is 11.6 Å². The molecule has 8 heteroatoms. The maximum absolute atomic E-state index is 12.9. The Hall–Kier alpha value is -2.64. The van der Waals surface area contributed by atoms with Crippen molar-refractivity contribution in [3.8, 4) is 0 Å². The first-order valence-electron chi connectivity index (χ1n) is 7.62. The largest absolute Gasteiger partial charge is 0.354 e. The van der Waals surface area contributed by atoms with E-state index in [-0.39, 0.29) is 10.7 Å². The highest BCUT2D eigenvalue weighted by Crippen LogP contribution is 2.26. The Morgan fingerprint density at radius 3 is 2.42 bits per heavy atom. The Bertz CT molecular complexity index is 1020. The summed E-state index contributed by atoms with van der Waals surface area (Å²) in [5.41, 5.74) is 2.41. The van der Waals surface area contributed by atoms with Crippen molar-refractivity contribution in [2.24, 2.45) is 0 Å². The molecular weight excluding hydrogens is 377 g/mol. The molecule has 0 unspecified atom stereocenters. The number of hydrogen-bond acceptors (Lipinski definition) is 4. The number of halogens is 2. The van der Waals surface area contributed by atoms with Crippen LogP contribution in [-0.2, 0) is 10.0 Å². The predicted octanol–water partition coefficient (Wildman–Crippen LogP) is 4.73. The van der Waals surface area contributed by atoms with E-state index in [2.05, 4.69) is 15.0 Å². The zero-order valence-electron chi connectivity index (χ0n) is 13.7. The van der Waals surface area contributed by atoms with Crippen molar-refractivity contribution < 1.29 is 12.8 Å². The Kier molecular flexibility index (Phi) is 5.11. The van der Waals surface area contributed by atoms with E-state index in [1.54, 1.807) is 12.1 Å². The molecule has 0 fully saturated rings. The monoisotopic (exact) mass is 391 g/mol. The third-order valence-corrected chi connectivity index (χ3v) is 5.45. The van der Waals surface area contributed by atoms with Crippen molar-refractivity contribution in [2.45, 2.75) is 11.8 Å². The second-order valence-corrected chi connectivity index (χ2v) is 7.62. The van der Waals surface area contributed by atoms with E-state index in [4.69, 9.17) is 11.6 Å². The fourth-order valence-electron chi connectivity index (χ4n) is 2.24. The molecule has 1 heterocycles. The molecule has 1 aromatic heterocycles. The van der Waals surface area contributed by atoms with Crippen molar-refractivity contribution in [2.75, 3.05) is 10.0 Å². The third kappa shape index (κ3) is 4.12. The standard InChI is InChI=1S/C18H15ClFN3O2S/c1-12-16(19)3-2-4-17(12)22-14-7-10-18(21-11-14)23-26(24,25)15-8-5-13(20)6-9-15/h2-11,22H,1H3,(H,21,23). The van der Waals surface area contributed by atoms with Gasteiger partial charge in [-0.3, -0.25) is 4.72 Å². The molecule has 0 atom stereocenters. The number of anilines is 3. The lowest BCUT2D eigenvalue weighted by atomic mass is 10.2. The summed E-state index contributed by atoms with van der Waals surface area (Å²) in [6.45, 7) is 1.89. The van der Waals surface area contributed by atoms with Crippen molar-refractivity contribution in [1.29, 1.82) is 0 Å². The molecule has 134 valence electrons. The van der Waals surface area contributed by atoms with Crippen LogP contribution in [0, 0.1) is 12.7 Å². The van der Waals surface area contributed by atoms with Gasteiger partial charge < -0.3 is 5.32 Å². The molecule has 2 aromatic carbocycles. The minimum Gasteiger partial charge on any atom is -0.354 e. The van der Waals surface area contributed by atoms with Gasteiger partial charge >= 0.3 is 0 Å². The summed E-state index contributed by atoms with van der Waals surface area (Å²) in [6.07, 6.45) is 1.50. The second-order valence-electron chi connectivity index (χ2n) is 5.53. The molecule has 0 amide bonds. The molecule has 3 aromatic rings. The average molecular weight is 392 g/mol. The average Bonchev–Trinajstić information content (AvgIpc) is 2.61. The quantitative estimate of drug-likeness (QED) is 0.659. The van der Waals surface area contributed by atoms with Crippen LogP contribution in [0.3, 0.4) is 0 Å². The first-order valence-corrected chi connectivity index (χ1v) is 9.48. The van der Waals surface area contributed by atoms with Gasteiger partial charge in [0.2, 0.25) is 0 Å². The zero-order valence-corrected chi connectivity index (χ0v) is 15.3. The van der Waals surface area contributed by atoms with Crippen LogP contribution in [-0.4, -0.2) is 13.4 Å². The highest BCUT2D eigenvalue weighted by atomic mass is 35.5. The van der Waals surface area contributed by atoms with Crippen LogP contribution in [0.15, 0.2) is 65.7 Å². The molecule has 3 rings (SSSR count). The first-order chi connectivity index (χ1) is 12.3. The Balaban J connectivity index is 1.75. The molecule has 0 radical (unpaired) electrons. The van der Waals surface area contributed by atoms with Crippen LogP contribution in [0.4, 0.5) is 21.6 Å². The van der Waals surface area contributed by atoms with E-state index in [1.807, 2.05) is 19.1 Å². The molecule has 0 saturated heterocycles. The number of rotatable bonds is 5. The summed E-state index contributed by atoms with van der Waals surface area (Å²) in [7, 11) is -3.83. The van der Waals surface area contributed by atoms with Gasteiger partial charge in [0.15, 0.2) is 0 Å². The molecule has 0 saturated carbocycles. The SMILES string of the molecule is Cc1c(Cl)cccc1Nc1ccc(NS(=O)(=O)c2ccc(F)cc2)nc1. The third-order valence-electron chi connectivity index (χ3n) is 3.67. The smallest absolute Gasteiger partial charge is 0.263 e. The number of benzene rings is 2. The highest BCUT2D eigenvalue weighted by Gasteiger charge is 2.14. The number of nitrogens with one attached hydrogen (secondary N) is 2. The highest BCUT2D eigenvalue weighted by molar-refractivity contribution is 7.92. The number of aromatic nitrogens is 1. The molecule has 0 aliphatic carbocycles. The number of pyridine rings is 1. The summed E-state index contributed by atoms with van der Waals surface area (Å²) in [5, 5.41) is 3.82. The maximum Gasteiger partial charge on any atom is 0.263 e. The van der Waals surface area contributed by atoms with Crippen molar-refractivity contribution >= 4 is 38.8 Å². The minimum absolute atomic E-state index is 0.0440. The van der Waals surface area contributed by atoms with Crippen molar-refractivity contribution in [1.82, 2.24) is 4.98 Å². The minimum atomic E-state index is -3.83. The summed E-state index contributed by atoms with van der Waals surface area (Å²) in [5.74, 6) is -0.350. The fourth-order valence-corrected chi connectivity index (χ4v) is 3.42. The summed E-state index contributed by atoms with van der Waals surface area (Å²) < 4.78 is 39.8. The van der Waals surface area contributed by atoms with Crippen LogP contribution >= 0.6 is 11.6 Å². The van der Waals surface area contributed by atoms with Gasteiger partial charge in [0, 0.05) is 10.7 Å². The number of sulfonamides is 1. The molecule has 0 spiro atoms. The predicted molar refractivity (Wildman–Crippen MR) is 101 cm³/mol. The second kappa shape index (κ2) is 7.31.